The van der Waals surface area contributed by atoms with E-state index in [1.165, 1.54) is 0 Å². The summed E-state index contributed by atoms with van der Waals surface area (Å²) in [5.41, 5.74) is 1.60. The van der Waals surface area contributed by atoms with E-state index in [4.69, 9.17) is 9.47 Å². The topological polar surface area (TPSA) is 47.6 Å². The first-order chi connectivity index (χ1) is 9.40. The van der Waals surface area contributed by atoms with Crippen molar-refractivity contribution >= 4 is 12.2 Å². The Labute approximate surface area is 119 Å². The Morgan fingerprint density at radius 1 is 1.25 bits per heavy atom. The molecule has 0 heterocycles. The Morgan fingerprint density at radius 3 is 2.60 bits per heavy atom. The number of hydrogen-bond acceptors (Lipinski definition) is 3. The SMILES string of the molecule is CO[C@@H]1C=Cc2ccccc2[C@H]1NC(=O)OC(C)(C)C. The maximum atomic E-state index is 12.0. The van der Waals surface area contributed by atoms with E-state index in [1.807, 2.05) is 57.2 Å². The van der Waals surface area contributed by atoms with Crippen LogP contribution in [0.15, 0.2) is 30.3 Å². The van der Waals surface area contributed by atoms with Crippen LogP contribution >= 0.6 is 0 Å². The molecule has 0 bridgehead atoms. The lowest BCUT2D eigenvalue weighted by Gasteiger charge is -2.30. The predicted octanol–water partition coefficient (Wildman–Crippen LogP) is 3.29. The summed E-state index contributed by atoms with van der Waals surface area (Å²) in [7, 11) is 1.63. The zero-order chi connectivity index (χ0) is 14.8. The van der Waals surface area contributed by atoms with Gasteiger partial charge in [0.15, 0.2) is 0 Å². The average molecular weight is 275 g/mol. The second-order valence-electron chi connectivity index (χ2n) is 5.81. The van der Waals surface area contributed by atoms with E-state index in [0.717, 1.165) is 11.1 Å². The standard InChI is InChI=1S/C16H21NO3/c1-16(2,3)20-15(18)17-14-12-8-6-5-7-11(12)9-10-13(14)19-4/h5-10,13-14H,1-4H3,(H,17,18)/t13-,14-/m1/s1. The van der Waals surface area contributed by atoms with Crippen molar-refractivity contribution < 1.29 is 14.3 Å². The number of rotatable bonds is 2. The molecule has 108 valence electrons. The summed E-state index contributed by atoms with van der Waals surface area (Å²) in [4.78, 5) is 12.0. The molecule has 2 rings (SSSR count). The fourth-order valence-electron chi connectivity index (χ4n) is 2.24. The molecule has 0 saturated carbocycles. The number of alkyl carbamates (subject to hydrolysis) is 1. The van der Waals surface area contributed by atoms with Gasteiger partial charge in [-0.05, 0) is 31.9 Å². The minimum Gasteiger partial charge on any atom is -0.444 e. The molecule has 1 aromatic carbocycles. The maximum Gasteiger partial charge on any atom is 0.408 e. The molecule has 0 saturated heterocycles. The molecule has 20 heavy (non-hydrogen) atoms. The van der Waals surface area contributed by atoms with Gasteiger partial charge in [0.2, 0.25) is 0 Å². The first kappa shape index (κ1) is 14.6. The Kier molecular flexibility index (Phi) is 4.14. The summed E-state index contributed by atoms with van der Waals surface area (Å²) in [5, 5.41) is 2.90. The minimum atomic E-state index is -0.517. The number of methoxy groups -OCH3 is 1. The van der Waals surface area contributed by atoms with Crippen molar-refractivity contribution in [3.63, 3.8) is 0 Å². The van der Waals surface area contributed by atoms with E-state index < -0.39 is 11.7 Å². The van der Waals surface area contributed by atoms with Crippen molar-refractivity contribution in [2.75, 3.05) is 7.11 Å². The lowest BCUT2D eigenvalue weighted by atomic mass is 9.91. The minimum absolute atomic E-state index is 0.197. The third-order valence-electron chi connectivity index (χ3n) is 3.07. The highest BCUT2D eigenvalue weighted by atomic mass is 16.6. The van der Waals surface area contributed by atoms with Crippen molar-refractivity contribution in [1.82, 2.24) is 5.32 Å². The highest BCUT2D eigenvalue weighted by molar-refractivity contribution is 5.70. The second-order valence-corrected chi connectivity index (χ2v) is 5.81. The number of ether oxygens (including phenoxy) is 2. The summed E-state index contributed by atoms with van der Waals surface area (Å²) < 4.78 is 10.8. The molecule has 1 aromatic rings. The van der Waals surface area contributed by atoms with Crippen LogP contribution in [-0.4, -0.2) is 24.9 Å². The molecule has 0 aromatic heterocycles. The molecule has 0 radical (unpaired) electrons. The Morgan fingerprint density at radius 2 is 1.95 bits per heavy atom. The van der Waals surface area contributed by atoms with E-state index in [1.54, 1.807) is 7.11 Å². The fraction of sp³-hybridized carbons (Fsp3) is 0.438. The van der Waals surface area contributed by atoms with E-state index in [-0.39, 0.29) is 12.1 Å². The van der Waals surface area contributed by atoms with Gasteiger partial charge in [-0.25, -0.2) is 4.79 Å². The summed E-state index contributed by atoms with van der Waals surface area (Å²) >= 11 is 0. The number of fused-ring (bicyclic) bond motifs is 1. The normalized spacial score (nSPS) is 21.2. The van der Waals surface area contributed by atoms with Gasteiger partial charge in [0.25, 0.3) is 0 Å². The van der Waals surface area contributed by atoms with Gasteiger partial charge in [0.1, 0.15) is 11.7 Å². The predicted molar refractivity (Wildman–Crippen MR) is 78.4 cm³/mol. The van der Waals surface area contributed by atoms with Gasteiger partial charge in [-0.2, -0.15) is 0 Å². The van der Waals surface area contributed by atoms with Crippen LogP contribution in [0.2, 0.25) is 0 Å². The van der Waals surface area contributed by atoms with Gasteiger partial charge >= 0.3 is 6.09 Å². The largest absolute Gasteiger partial charge is 0.444 e. The van der Waals surface area contributed by atoms with Crippen LogP contribution in [0.4, 0.5) is 4.79 Å². The van der Waals surface area contributed by atoms with Crippen LogP contribution in [0, 0.1) is 0 Å². The van der Waals surface area contributed by atoms with Crippen LogP contribution < -0.4 is 5.32 Å². The van der Waals surface area contributed by atoms with Crippen molar-refractivity contribution in [3.05, 3.63) is 41.5 Å². The van der Waals surface area contributed by atoms with E-state index in [9.17, 15) is 4.79 Å². The number of benzene rings is 1. The van der Waals surface area contributed by atoms with Gasteiger partial charge in [-0.1, -0.05) is 36.4 Å². The molecular weight excluding hydrogens is 254 g/mol. The summed E-state index contributed by atoms with van der Waals surface area (Å²) in [6.07, 6.45) is 3.33. The maximum absolute atomic E-state index is 12.0. The monoisotopic (exact) mass is 275 g/mol. The summed E-state index contributed by atoms with van der Waals surface area (Å²) in [5.74, 6) is 0. The molecule has 2 atom stereocenters. The summed E-state index contributed by atoms with van der Waals surface area (Å²) in [6.45, 7) is 5.53. The molecule has 4 nitrogen and oxygen atoms in total. The second kappa shape index (κ2) is 5.67. The van der Waals surface area contributed by atoms with Crippen LogP contribution in [-0.2, 0) is 9.47 Å². The quantitative estimate of drug-likeness (QED) is 0.901. The highest BCUT2D eigenvalue weighted by Gasteiger charge is 2.29. The van der Waals surface area contributed by atoms with Crippen molar-refractivity contribution in [2.24, 2.45) is 0 Å². The Hall–Kier alpha value is -1.81. The number of hydrogen-bond donors (Lipinski definition) is 1. The zero-order valence-corrected chi connectivity index (χ0v) is 12.3. The van der Waals surface area contributed by atoms with Crippen molar-refractivity contribution in [1.29, 1.82) is 0 Å². The van der Waals surface area contributed by atoms with Gasteiger partial charge in [0.05, 0.1) is 6.04 Å². The third kappa shape index (κ3) is 3.39. The molecule has 0 fully saturated rings. The number of nitrogens with one attached hydrogen (secondary N) is 1. The number of amides is 1. The molecule has 0 unspecified atom stereocenters. The number of carbonyl (C=O) groups is 1. The van der Waals surface area contributed by atoms with Crippen molar-refractivity contribution in [2.45, 2.75) is 38.5 Å². The molecule has 1 N–H and O–H groups in total. The van der Waals surface area contributed by atoms with Crippen molar-refractivity contribution in [3.8, 4) is 0 Å². The van der Waals surface area contributed by atoms with Crippen LogP contribution in [0.25, 0.3) is 6.08 Å². The van der Waals surface area contributed by atoms with Gasteiger partial charge < -0.3 is 14.8 Å². The molecule has 0 spiro atoms. The fourth-order valence-corrected chi connectivity index (χ4v) is 2.24. The van der Waals surface area contributed by atoms with Crippen LogP contribution in [0.1, 0.15) is 37.9 Å². The van der Waals surface area contributed by atoms with Gasteiger partial charge in [-0.15, -0.1) is 0 Å². The molecule has 0 aliphatic heterocycles. The molecule has 1 aliphatic carbocycles. The van der Waals surface area contributed by atoms with E-state index in [0.29, 0.717) is 0 Å². The molecular formula is C16H21NO3. The zero-order valence-electron chi connectivity index (χ0n) is 12.3. The first-order valence-electron chi connectivity index (χ1n) is 6.70. The van der Waals surface area contributed by atoms with Gasteiger partial charge in [0, 0.05) is 7.11 Å². The van der Waals surface area contributed by atoms with E-state index >= 15 is 0 Å². The molecule has 4 heteroatoms. The molecule has 1 amide bonds. The lowest BCUT2D eigenvalue weighted by molar-refractivity contribution is 0.0411. The number of carbonyl (C=O) groups excluding carboxylic acids is 1. The average Bonchev–Trinajstić information content (AvgIpc) is 2.37. The van der Waals surface area contributed by atoms with Crippen LogP contribution in [0.3, 0.4) is 0 Å². The Bertz CT molecular complexity index is 517. The first-order valence-corrected chi connectivity index (χ1v) is 6.70. The smallest absolute Gasteiger partial charge is 0.408 e. The van der Waals surface area contributed by atoms with E-state index in [2.05, 4.69) is 5.32 Å². The lowest BCUT2D eigenvalue weighted by Crippen LogP contribution is -2.40. The van der Waals surface area contributed by atoms with Gasteiger partial charge in [-0.3, -0.25) is 0 Å². The third-order valence-corrected chi connectivity index (χ3v) is 3.07. The Balaban J connectivity index is 2.20. The van der Waals surface area contributed by atoms with Crippen LogP contribution in [0.5, 0.6) is 0 Å². The highest BCUT2D eigenvalue weighted by Crippen LogP contribution is 2.29. The summed E-state index contributed by atoms with van der Waals surface area (Å²) in [6, 6.07) is 7.69. The molecule has 1 aliphatic rings.